The molecule has 7 nitrogen and oxygen atoms in total. The maximum Gasteiger partial charge on any atom is 0.317 e. The predicted molar refractivity (Wildman–Crippen MR) is 93.5 cm³/mol. The zero-order valence-electron chi connectivity index (χ0n) is 15.3. The van der Waals surface area contributed by atoms with Crippen LogP contribution in [0.4, 0.5) is 4.79 Å². The van der Waals surface area contributed by atoms with Crippen LogP contribution in [-0.2, 0) is 9.59 Å². The number of likely N-dealkylation sites (tertiary alicyclic amines) is 1. The Morgan fingerprint density at radius 2 is 1.62 bits per heavy atom. The third kappa shape index (κ3) is 6.37. The molecule has 1 aliphatic rings. The van der Waals surface area contributed by atoms with E-state index in [4.69, 9.17) is 0 Å². The monoisotopic (exact) mass is 340 g/mol. The van der Waals surface area contributed by atoms with E-state index in [-0.39, 0.29) is 23.8 Å². The van der Waals surface area contributed by atoms with E-state index in [9.17, 15) is 14.4 Å². The van der Waals surface area contributed by atoms with Gasteiger partial charge in [-0.15, -0.1) is 0 Å². The zero-order chi connectivity index (χ0) is 17.9. The fraction of sp³-hybridized carbons (Fsp3) is 0.824. The highest BCUT2D eigenvalue weighted by atomic mass is 16.2. The molecule has 0 saturated carbocycles. The molecule has 0 aromatic heterocycles. The average molecular weight is 340 g/mol. The quantitative estimate of drug-likeness (QED) is 0.696. The first-order valence-corrected chi connectivity index (χ1v) is 9.11. The molecule has 1 rings (SSSR count). The number of nitrogens with zero attached hydrogens (tertiary/aromatic N) is 2. The molecule has 0 radical (unpaired) electrons. The molecule has 0 unspecified atom stereocenters. The maximum absolute atomic E-state index is 12.3. The highest BCUT2D eigenvalue weighted by Gasteiger charge is 2.29. The molecule has 1 aliphatic heterocycles. The first-order chi connectivity index (χ1) is 11.5. The number of carbonyl (C=O) groups is 3. The Kier molecular flexibility index (Phi) is 9.19. The van der Waals surface area contributed by atoms with Crippen LogP contribution < -0.4 is 10.6 Å². The number of piperidine rings is 1. The van der Waals surface area contributed by atoms with Crippen molar-refractivity contribution in [1.82, 2.24) is 20.4 Å². The standard InChI is InChI=1S/C17H32N4O3/c1-4-10-18-15(22)7-11-19-17(24)21-12-8-14(9-13-21)16(23)20(5-2)6-3/h14H,4-13H2,1-3H3,(H,18,22)(H,19,24). The molecule has 138 valence electrons. The van der Waals surface area contributed by atoms with Crippen LogP contribution in [0.2, 0.25) is 0 Å². The molecule has 1 fully saturated rings. The number of rotatable bonds is 8. The van der Waals surface area contributed by atoms with E-state index in [1.165, 1.54) is 0 Å². The number of urea groups is 1. The average Bonchev–Trinajstić information content (AvgIpc) is 2.60. The summed E-state index contributed by atoms with van der Waals surface area (Å²) in [6.07, 6.45) is 2.61. The Hall–Kier alpha value is -1.79. The molecule has 0 atom stereocenters. The first kappa shape index (κ1) is 20.3. The van der Waals surface area contributed by atoms with E-state index in [1.807, 2.05) is 25.7 Å². The summed E-state index contributed by atoms with van der Waals surface area (Å²) in [5.74, 6) is 0.183. The van der Waals surface area contributed by atoms with Crippen molar-refractivity contribution < 1.29 is 14.4 Å². The van der Waals surface area contributed by atoms with Crippen LogP contribution in [0.15, 0.2) is 0 Å². The van der Waals surface area contributed by atoms with Gasteiger partial charge in [-0.3, -0.25) is 9.59 Å². The van der Waals surface area contributed by atoms with Gasteiger partial charge >= 0.3 is 6.03 Å². The zero-order valence-corrected chi connectivity index (χ0v) is 15.3. The Morgan fingerprint density at radius 1 is 1.00 bits per heavy atom. The summed E-state index contributed by atoms with van der Waals surface area (Å²) in [5, 5.41) is 5.56. The molecule has 2 N–H and O–H groups in total. The van der Waals surface area contributed by atoms with Crippen molar-refractivity contribution in [3.63, 3.8) is 0 Å². The van der Waals surface area contributed by atoms with E-state index in [2.05, 4.69) is 10.6 Å². The number of carbonyl (C=O) groups excluding carboxylic acids is 3. The van der Waals surface area contributed by atoms with E-state index in [0.717, 1.165) is 19.5 Å². The third-order valence-electron chi connectivity index (χ3n) is 4.41. The lowest BCUT2D eigenvalue weighted by Crippen LogP contribution is -2.48. The Labute approximate surface area is 145 Å². The largest absolute Gasteiger partial charge is 0.356 e. The minimum atomic E-state index is -0.146. The summed E-state index contributed by atoms with van der Waals surface area (Å²) >= 11 is 0. The Balaban J connectivity index is 2.28. The Morgan fingerprint density at radius 3 is 2.17 bits per heavy atom. The van der Waals surface area contributed by atoms with E-state index >= 15 is 0 Å². The lowest BCUT2D eigenvalue weighted by Gasteiger charge is -2.33. The fourth-order valence-electron chi connectivity index (χ4n) is 2.87. The smallest absolute Gasteiger partial charge is 0.317 e. The van der Waals surface area contributed by atoms with Crippen LogP contribution >= 0.6 is 0 Å². The second-order valence-electron chi connectivity index (χ2n) is 6.10. The van der Waals surface area contributed by atoms with Crippen LogP contribution in [-0.4, -0.2) is 66.9 Å². The van der Waals surface area contributed by atoms with Gasteiger partial charge < -0.3 is 20.4 Å². The molecule has 0 bridgehead atoms. The summed E-state index contributed by atoms with van der Waals surface area (Å²) < 4.78 is 0. The van der Waals surface area contributed by atoms with E-state index < -0.39 is 0 Å². The van der Waals surface area contributed by atoms with Crippen molar-refractivity contribution in [1.29, 1.82) is 0 Å². The van der Waals surface area contributed by atoms with Gasteiger partial charge in [0.2, 0.25) is 11.8 Å². The first-order valence-electron chi connectivity index (χ1n) is 9.11. The summed E-state index contributed by atoms with van der Waals surface area (Å²) in [7, 11) is 0. The van der Waals surface area contributed by atoms with Crippen LogP contribution in [0.25, 0.3) is 0 Å². The normalized spacial score (nSPS) is 15.0. The highest BCUT2D eigenvalue weighted by molar-refractivity contribution is 5.80. The van der Waals surface area contributed by atoms with Gasteiger partial charge in [0, 0.05) is 51.6 Å². The summed E-state index contributed by atoms with van der Waals surface area (Å²) in [6.45, 7) is 9.62. The van der Waals surface area contributed by atoms with Gasteiger partial charge in [0.15, 0.2) is 0 Å². The molecule has 7 heteroatoms. The van der Waals surface area contributed by atoms with Crippen molar-refractivity contribution in [3.05, 3.63) is 0 Å². The van der Waals surface area contributed by atoms with Gasteiger partial charge in [-0.1, -0.05) is 6.92 Å². The molecular weight excluding hydrogens is 308 g/mol. The van der Waals surface area contributed by atoms with Gasteiger partial charge in [-0.2, -0.15) is 0 Å². The fourth-order valence-corrected chi connectivity index (χ4v) is 2.87. The second kappa shape index (κ2) is 10.9. The van der Waals surface area contributed by atoms with Crippen molar-refractivity contribution >= 4 is 17.8 Å². The predicted octanol–water partition coefficient (Wildman–Crippen LogP) is 1.19. The second-order valence-corrected chi connectivity index (χ2v) is 6.10. The lowest BCUT2D eigenvalue weighted by atomic mass is 9.95. The minimum absolute atomic E-state index is 0.0220. The van der Waals surface area contributed by atoms with Crippen molar-refractivity contribution in [2.75, 3.05) is 39.3 Å². The van der Waals surface area contributed by atoms with Gasteiger partial charge in [-0.05, 0) is 33.1 Å². The molecule has 1 saturated heterocycles. The molecule has 1 heterocycles. The summed E-state index contributed by atoms with van der Waals surface area (Å²) in [4.78, 5) is 39.5. The molecular formula is C17H32N4O3. The Bertz CT molecular complexity index is 416. The van der Waals surface area contributed by atoms with E-state index in [1.54, 1.807) is 4.90 Å². The van der Waals surface area contributed by atoms with Gasteiger partial charge in [0.25, 0.3) is 0 Å². The lowest BCUT2D eigenvalue weighted by molar-refractivity contribution is -0.136. The van der Waals surface area contributed by atoms with E-state index in [0.29, 0.717) is 45.4 Å². The maximum atomic E-state index is 12.3. The number of hydrogen-bond acceptors (Lipinski definition) is 3. The van der Waals surface area contributed by atoms with Crippen molar-refractivity contribution in [2.45, 2.75) is 46.5 Å². The van der Waals surface area contributed by atoms with Crippen LogP contribution in [0, 0.1) is 5.92 Å². The summed E-state index contributed by atoms with van der Waals surface area (Å²) in [6, 6.07) is -0.146. The van der Waals surface area contributed by atoms with Gasteiger partial charge in [0.1, 0.15) is 0 Å². The number of nitrogens with one attached hydrogen (secondary N) is 2. The van der Waals surface area contributed by atoms with Crippen molar-refractivity contribution in [3.8, 4) is 0 Å². The van der Waals surface area contributed by atoms with Gasteiger partial charge in [0.05, 0.1) is 0 Å². The summed E-state index contributed by atoms with van der Waals surface area (Å²) in [5.41, 5.74) is 0. The number of hydrogen-bond donors (Lipinski definition) is 2. The number of amides is 4. The SMILES string of the molecule is CCCNC(=O)CCNC(=O)N1CCC(C(=O)N(CC)CC)CC1. The minimum Gasteiger partial charge on any atom is -0.356 e. The molecule has 4 amide bonds. The molecule has 24 heavy (non-hydrogen) atoms. The van der Waals surface area contributed by atoms with Crippen LogP contribution in [0.5, 0.6) is 0 Å². The third-order valence-corrected chi connectivity index (χ3v) is 4.41. The molecule has 0 aromatic carbocycles. The van der Waals surface area contributed by atoms with Crippen LogP contribution in [0.1, 0.15) is 46.5 Å². The molecule has 0 aliphatic carbocycles. The van der Waals surface area contributed by atoms with Gasteiger partial charge in [-0.25, -0.2) is 4.79 Å². The molecule has 0 spiro atoms. The highest BCUT2D eigenvalue weighted by Crippen LogP contribution is 2.19. The van der Waals surface area contributed by atoms with Crippen molar-refractivity contribution in [2.24, 2.45) is 5.92 Å². The van der Waals surface area contributed by atoms with Crippen LogP contribution in [0.3, 0.4) is 0 Å². The molecule has 0 aromatic rings. The topological polar surface area (TPSA) is 81.8 Å².